The summed E-state index contributed by atoms with van der Waals surface area (Å²) >= 11 is 0. The van der Waals surface area contributed by atoms with E-state index in [1.54, 1.807) is 0 Å². The summed E-state index contributed by atoms with van der Waals surface area (Å²) in [5, 5.41) is 9.95. The summed E-state index contributed by atoms with van der Waals surface area (Å²) in [6, 6.07) is 0. The minimum atomic E-state index is 0.188. The second kappa shape index (κ2) is 1.22. The van der Waals surface area contributed by atoms with Gasteiger partial charge in [0.05, 0.1) is 0 Å². The molecular formula is C3H3FN2O. The third-order valence-electron chi connectivity index (χ3n) is 0.580. The molecule has 0 aliphatic carbocycles. The normalized spacial score (nSPS) is 9.29. The van der Waals surface area contributed by atoms with Crippen molar-refractivity contribution in [1.82, 2.24) is 4.79 Å². The van der Waals surface area contributed by atoms with Gasteiger partial charge in [0, 0.05) is 4.48 Å². The molecule has 0 saturated carbocycles. The smallest absolute Gasteiger partial charge is 0.283 e. The lowest BCUT2D eigenvalue weighted by Crippen LogP contribution is -2.20. The molecule has 0 aliphatic rings. The molecule has 0 spiro atoms. The molecular weight excluding hydrogens is 99.0 g/mol. The Labute approximate surface area is 39.1 Å². The van der Waals surface area contributed by atoms with Crippen molar-refractivity contribution in [1.29, 1.82) is 0 Å². The van der Waals surface area contributed by atoms with Gasteiger partial charge in [0.25, 0.3) is 6.33 Å². The minimum Gasteiger partial charge on any atom is -0.711 e. The summed E-state index contributed by atoms with van der Waals surface area (Å²) in [5.74, 6) is 0. The lowest BCUT2D eigenvalue weighted by Gasteiger charge is -1.86. The van der Waals surface area contributed by atoms with Crippen LogP contribution in [0.2, 0.25) is 0 Å². The quantitative estimate of drug-likeness (QED) is 0.331. The second-order valence-corrected chi connectivity index (χ2v) is 1.12. The van der Waals surface area contributed by atoms with E-state index in [1.807, 2.05) is 0 Å². The average Bonchev–Trinajstić information content (AvgIpc) is 1.87. The highest BCUT2D eigenvalue weighted by Crippen LogP contribution is 1.77. The van der Waals surface area contributed by atoms with Crippen molar-refractivity contribution in [2.45, 2.75) is 0 Å². The fourth-order valence-corrected chi connectivity index (χ4v) is 0.315. The van der Waals surface area contributed by atoms with Gasteiger partial charge in [-0.1, -0.05) is 0 Å². The molecule has 4 heteroatoms. The van der Waals surface area contributed by atoms with Crippen LogP contribution in [0.25, 0.3) is 0 Å². The maximum Gasteiger partial charge on any atom is 0.283 e. The number of hydrogen-bond donors (Lipinski definition) is 0. The molecule has 0 atom stereocenters. The van der Waals surface area contributed by atoms with Gasteiger partial charge in [-0.15, -0.1) is 0 Å². The monoisotopic (exact) mass is 102 g/mol. The van der Waals surface area contributed by atoms with Crippen molar-refractivity contribution in [2.75, 3.05) is 0 Å². The zero-order valence-corrected chi connectivity index (χ0v) is 3.41. The molecule has 0 bridgehead atoms. The van der Waals surface area contributed by atoms with E-state index in [0.29, 0.717) is 4.73 Å². The van der Waals surface area contributed by atoms with Gasteiger partial charge >= 0.3 is 0 Å². The Bertz CT molecular complexity index is 145. The standard InChI is InChI=1S/C3H3FN2O/c4-5-1-2-6(7)3-5/h1-3H. The SMILES string of the molecule is [O-][n+]1ccn(F)c1. The highest BCUT2D eigenvalue weighted by Gasteiger charge is 1.90. The molecule has 7 heavy (non-hydrogen) atoms. The molecule has 0 amide bonds. The van der Waals surface area contributed by atoms with E-state index in [-0.39, 0.29) is 4.79 Å². The maximum atomic E-state index is 11.6. The summed E-state index contributed by atoms with van der Waals surface area (Å²) < 4.78 is 12.0. The summed E-state index contributed by atoms with van der Waals surface area (Å²) in [6.07, 6.45) is 2.87. The van der Waals surface area contributed by atoms with Gasteiger partial charge in [0.15, 0.2) is 6.20 Å². The molecule has 0 aliphatic heterocycles. The molecule has 1 aromatic heterocycles. The van der Waals surface area contributed by atoms with E-state index in [0.717, 1.165) is 18.7 Å². The predicted octanol–water partition coefficient (Wildman–Crippen LogP) is -0.146. The number of hydrogen-bond acceptors (Lipinski definition) is 1. The van der Waals surface area contributed by atoms with E-state index in [1.165, 1.54) is 0 Å². The molecule has 1 aromatic rings. The van der Waals surface area contributed by atoms with Crippen LogP contribution in [0.5, 0.6) is 0 Å². The first-order chi connectivity index (χ1) is 3.29. The fraction of sp³-hybridized carbons (Fsp3) is 0. The van der Waals surface area contributed by atoms with E-state index >= 15 is 0 Å². The molecule has 0 aromatic carbocycles. The van der Waals surface area contributed by atoms with E-state index < -0.39 is 0 Å². The van der Waals surface area contributed by atoms with Crippen LogP contribution in [-0.2, 0) is 0 Å². The molecule has 3 nitrogen and oxygen atoms in total. The summed E-state index contributed by atoms with van der Waals surface area (Å²) in [7, 11) is 0. The lowest BCUT2D eigenvalue weighted by atomic mass is 11.0. The zero-order chi connectivity index (χ0) is 5.28. The van der Waals surface area contributed by atoms with Gasteiger partial charge < -0.3 is 5.21 Å². The second-order valence-electron chi connectivity index (χ2n) is 1.12. The molecule has 0 N–H and O–H groups in total. The van der Waals surface area contributed by atoms with Crippen LogP contribution in [0.3, 0.4) is 0 Å². The van der Waals surface area contributed by atoms with Crippen LogP contribution in [0.15, 0.2) is 18.7 Å². The highest BCUT2D eigenvalue weighted by molar-refractivity contribution is 4.59. The van der Waals surface area contributed by atoms with Gasteiger partial charge in [-0.25, -0.2) is 4.73 Å². The number of aromatic nitrogens is 2. The first-order valence-corrected chi connectivity index (χ1v) is 1.72. The van der Waals surface area contributed by atoms with Crippen LogP contribution in [-0.4, -0.2) is 4.79 Å². The van der Waals surface area contributed by atoms with Crippen molar-refractivity contribution >= 4 is 0 Å². The van der Waals surface area contributed by atoms with Crippen molar-refractivity contribution in [3.63, 3.8) is 0 Å². The van der Waals surface area contributed by atoms with Crippen LogP contribution in [0, 0.1) is 5.21 Å². The third kappa shape index (κ3) is 0.677. The molecule has 1 heterocycles. The Morgan fingerprint density at radius 2 is 2.43 bits per heavy atom. The van der Waals surface area contributed by atoms with Crippen molar-refractivity contribution in [2.24, 2.45) is 0 Å². The third-order valence-corrected chi connectivity index (χ3v) is 0.580. The predicted molar refractivity (Wildman–Crippen MR) is 19.9 cm³/mol. The Hall–Kier alpha value is -1.06. The van der Waals surface area contributed by atoms with E-state index in [9.17, 15) is 9.69 Å². The van der Waals surface area contributed by atoms with Crippen LogP contribution < -0.4 is 4.73 Å². The van der Waals surface area contributed by atoms with Crippen LogP contribution >= 0.6 is 0 Å². The van der Waals surface area contributed by atoms with Crippen LogP contribution in [0.4, 0.5) is 4.48 Å². The van der Waals surface area contributed by atoms with Gasteiger partial charge in [-0.2, -0.15) is 0 Å². The average molecular weight is 102 g/mol. The number of rotatable bonds is 0. The Morgan fingerprint density at radius 3 is 2.57 bits per heavy atom. The number of halogens is 1. The van der Waals surface area contributed by atoms with Gasteiger partial charge in [-0.05, 0) is 4.79 Å². The largest absolute Gasteiger partial charge is 0.711 e. The summed E-state index contributed by atoms with van der Waals surface area (Å²) in [4.78, 5) is 0.188. The molecule has 0 unspecified atom stereocenters. The van der Waals surface area contributed by atoms with E-state index in [4.69, 9.17) is 0 Å². The molecule has 0 saturated heterocycles. The first kappa shape index (κ1) is 4.11. The summed E-state index contributed by atoms with van der Waals surface area (Å²) in [6.45, 7) is 0. The van der Waals surface area contributed by atoms with Gasteiger partial charge in [0.1, 0.15) is 6.20 Å². The Balaban J connectivity index is 3.04. The topological polar surface area (TPSA) is 31.9 Å². The first-order valence-electron chi connectivity index (χ1n) is 1.72. The van der Waals surface area contributed by atoms with Crippen molar-refractivity contribution < 1.29 is 9.21 Å². The Morgan fingerprint density at radius 1 is 1.71 bits per heavy atom. The lowest BCUT2D eigenvalue weighted by molar-refractivity contribution is -0.605. The van der Waals surface area contributed by atoms with Crippen LogP contribution in [0.1, 0.15) is 0 Å². The molecule has 0 radical (unpaired) electrons. The Kier molecular flexibility index (Phi) is 0.714. The molecule has 0 fully saturated rings. The fourth-order valence-electron chi connectivity index (χ4n) is 0.315. The number of nitrogens with zero attached hydrogens (tertiary/aromatic N) is 2. The van der Waals surface area contributed by atoms with Gasteiger partial charge in [-0.3, -0.25) is 0 Å². The zero-order valence-electron chi connectivity index (χ0n) is 3.41. The number of imidazole rings is 1. The molecule has 1 rings (SSSR count). The minimum absolute atomic E-state index is 0.188. The van der Waals surface area contributed by atoms with E-state index in [2.05, 4.69) is 0 Å². The van der Waals surface area contributed by atoms with Crippen molar-refractivity contribution in [3.8, 4) is 0 Å². The maximum absolute atomic E-state index is 11.6. The van der Waals surface area contributed by atoms with Crippen molar-refractivity contribution in [3.05, 3.63) is 23.9 Å². The van der Waals surface area contributed by atoms with Gasteiger partial charge in [0.2, 0.25) is 0 Å². The summed E-state index contributed by atoms with van der Waals surface area (Å²) in [5.41, 5.74) is 0. The highest BCUT2D eigenvalue weighted by atomic mass is 19.2. The molecule has 38 valence electrons.